The molecule has 166 valence electrons. The Morgan fingerprint density at radius 2 is 1.13 bits per heavy atom. The zero-order chi connectivity index (χ0) is 22.5. The van der Waals surface area contributed by atoms with Crippen molar-refractivity contribution in [1.29, 1.82) is 0 Å². The Labute approximate surface area is 187 Å². The van der Waals surface area contributed by atoms with Crippen molar-refractivity contribution < 1.29 is 14.7 Å². The van der Waals surface area contributed by atoms with Crippen LogP contribution in [-0.2, 0) is 9.59 Å². The van der Waals surface area contributed by atoms with E-state index in [0.717, 1.165) is 38.5 Å². The molecule has 0 radical (unpaired) electrons. The molecule has 0 fully saturated rings. The van der Waals surface area contributed by atoms with E-state index in [9.17, 15) is 9.59 Å². The number of carbonyl (C=O) groups is 2. The Balaban J connectivity index is 3.83. The maximum atomic E-state index is 11.8. The lowest BCUT2D eigenvalue weighted by Crippen LogP contribution is -2.53. The molecule has 1 unspecified atom stereocenters. The van der Waals surface area contributed by atoms with Crippen molar-refractivity contribution in [2.75, 3.05) is 5.75 Å². The lowest BCUT2D eigenvalue weighted by atomic mass is 10.1. The molecule has 0 aliphatic carbocycles. The lowest BCUT2D eigenvalue weighted by Gasteiger charge is -2.23. The number of rotatable bonds is 16. The standard InChI is InChI=1S/C25H37NO3S/c1-3-4-5-6-7-8-9-10-11-12-13-14-15-16-17-18-19-20-21-23(27)26-25(2,22-30)24(28)29/h4-5,7-8,10-11,13-14,16-17,19-20,30H,3,6,9,12,15,18,21-22H2,1-2H3,(H,26,27)(H,28,29). The van der Waals surface area contributed by atoms with E-state index in [-0.39, 0.29) is 18.1 Å². The van der Waals surface area contributed by atoms with E-state index in [1.165, 1.54) is 6.92 Å². The fourth-order valence-electron chi connectivity index (χ4n) is 2.23. The van der Waals surface area contributed by atoms with Gasteiger partial charge in [0, 0.05) is 12.2 Å². The van der Waals surface area contributed by atoms with Gasteiger partial charge in [-0.05, 0) is 45.4 Å². The van der Waals surface area contributed by atoms with Crippen LogP contribution in [0.4, 0.5) is 0 Å². The maximum absolute atomic E-state index is 11.8. The molecule has 0 aromatic heterocycles. The SMILES string of the molecule is CCC=CCC=CCC=CCC=CCC=CCC=CCC(=O)NC(C)(CS)C(=O)O. The summed E-state index contributed by atoms with van der Waals surface area (Å²) in [5.74, 6) is -1.37. The molecule has 0 aliphatic rings. The van der Waals surface area contributed by atoms with Crippen LogP contribution in [0.5, 0.6) is 0 Å². The normalized spacial score (nSPS) is 14.8. The van der Waals surface area contributed by atoms with Gasteiger partial charge in [-0.1, -0.05) is 79.8 Å². The predicted molar refractivity (Wildman–Crippen MR) is 131 cm³/mol. The summed E-state index contributed by atoms with van der Waals surface area (Å²) in [4.78, 5) is 22.9. The topological polar surface area (TPSA) is 66.4 Å². The summed E-state index contributed by atoms with van der Waals surface area (Å²) in [6.45, 7) is 3.58. The Bertz CT molecular complexity index is 659. The number of thiol groups is 1. The van der Waals surface area contributed by atoms with Gasteiger partial charge in [0.05, 0.1) is 0 Å². The molecule has 1 atom stereocenters. The largest absolute Gasteiger partial charge is 0.479 e. The van der Waals surface area contributed by atoms with E-state index in [2.05, 4.69) is 79.6 Å². The van der Waals surface area contributed by atoms with Crippen LogP contribution < -0.4 is 5.32 Å². The molecule has 5 heteroatoms. The van der Waals surface area contributed by atoms with Crippen molar-refractivity contribution in [3.8, 4) is 0 Å². The summed E-state index contributed by atoms with van der Waals surface area (Å²) in [6.07, 6.45) is 30.9. The summed E-state index contributed by atoms with van der Waals surface area (Å²) in [5, 5.41) is 11.6. The van der Waals surface area contributed by atoms with Crippen molar-refractivity contribution in [2.24, 2.45) is 0 Å². The molecule has 0 heterocycles. The highest BCUT2D eigenvalue weighted by molar-refractivity contribution is 7.80. The van der Waals surface area contributed by atoms with Crippen LogP contribution in [0.3, 0.4) is 0 Å². The van der Waals surface area contributed by atoms with Crippen LogP contribution in [0.1, 0.15) is 58.8 Å². The van der Waals surface area contributed by atoms with E-state index in [0.29, 0.717) is 0 Å². The first-order valence-corrected chi connectivity index (χ1v) is 11.1. The van der Waals surface area contributed by atoms with Crippen molar-refractivity contribution in [3.63, 3.8) is 0 Å². The average Bonchev–Trinajstić information content (AvgIpc) is 2.72. The molecule has 0 saturated heterocycles. The van der Waals surface area contributed by atoms with Crippen LogP contribution in [0, 0.1) is 0 Å². The van der Waals surface area contributed by atoms with E-state index >= 15 is 0 Å². The van der Waals surface area contributed by atoms with E-state index in [1.54, 1.807) is 6.08 Å². The summed E-state index contributed by atoms with van der Waals surface area (Å²) >= 11 is 3.99. The Kier molecular flexibility index (Phi) is 17.3. The average molecular weight is 432 g/mol. The summed E-state index contributed by atoms with van der Waals surface area (Å²) in [7, 11) is 0. The minimum Gasteiger partial charge on any atom is -0.479 e. The monoisotopic (exact) mass is 431 g/mol. The fourth-order valence-corrected chi connectivity index (χ4v) is 2.45. The van der Waals surface area contributed by atoms with E-state index in [1.807, 2.05) is 12.2 Å². The third kappa shape index (κ3) is 15.6. The number of nitrogens with one attached hydrogen (secondary N) is 1. The smallest absolute Gasteiger partial charge is 0.329 e. The summed E-state index contributed by atoms with van der Waals surface area (Å²) in [5.41, 5.74) is -1.34. The Morgan fingerprint density at radius 3 is 1.47 bits per heavy atom. The van der Waals surface area contributed by atoms with Crippen LogP contribution in [0.15, 0.2) is 72.9 Å². The number of carboxylic acids is 1. The quantitative estimate of drug-likeness (QED) is 0.208. The molecule has 0 spiro atoms. The number of aliphatic carboxylic acids is 1. The second-order valence-corrected chi connectivity index (χ2v) is 7.28. The molecule has 0 aromatic carbocycles. The van der Waals surface area contributed by atoms with Crippen molar-refractivity contribution in [1.82, 2.24) is 5.32 Å². The number of hydrogen-bond acceptors (Lipinski definition) is 3. The Morgan fingerprint density at radius 1 is 0.767 bits per heavy atom. The van der Waals surface area contributed by atoms with Gasteiger partial charge in [-0.2, -0.15) is 12.6 Å². The van der Waals surface area contributed by atoms with E-state index in [4.69, 9.17) is 5.11 Å². The highest BCUT2D eigenvalue weighted by Crippen LogP contribution is 2.07. The van der Waals surface area contributed by atoms with Gasteiger partial charge >= 0.3 is 5.97 Å². The van der Waals surface area contributed by atoms with Gasteiger partial charge in [0.15, 0.2) is 0 Å². The van der Waals surface area contributed by atoms with Crippen LogP contribution >= 0.6 is 12.6 Å². The minimum absolute atomic E-state index is 0.0395. The molecule has 30 heavy (non-hydrogen) atoms. The first-order valence-electron chi connectivity index (χ1n) is 10.5. The zero-order valence-electron chi connectivity index (χ0n) is 18.3. The summed E-state index contributed by atoms with van der Waals surface area (Å²) in [6, 6.07) is 0. The molecular formula is C25H37NO3S. The van der Waals surface area contributed by atoms with Crippen LogP contribution in [-0.4, -0.2) is 28.3 Å². The zero-order valence-corrected chi connectivity index (χ0v) is 19.2. The van der Waals surface area contributed by atoms with E-state index < -0.39 is 11.5 Å². The third-order valence-electron chi connectivity index (χ3n) is 4.10. The number of carboxylic acid groups (broad SMARTS) is 1. The molecule has 0 aromatic rings. The van der Waals surface area contributed by atoms with Crippen molar-refractivity contribution in [2.45, 2.75) is 64.3 Å². The van der Waals surface area contributed by atoms with Crippen LogP contribution in [0.2, 0.25) is 0 Å². The fraction of sp³-hybridized carbons (Fsp3) is 0.440. The molecular weight excluding hydrogens is 394 g/mol. The van der Waals surface area contributed by atoms with Gasteiger partial charge in [-0.3, -0.25) is 4.79 Å². The second-order valence-electron chi connectivity index (χ2n) is 6.96. The van der Waals surface area contributed by atoms with Gasteiger partial charge in [0.25, 0.3) is 0 Å². The van der Waals surface area contributed by atoms with Crippen LogP contribution in [0.25, 0.3) is 0 Å². The lowest BCUT2D eigenvalue weighted by molar-refractivity contribution is -0.145. The first kappa shape index (κ1) is 27.7. The van der Waals surface area contributed by atoms with Crippen molar-refractivity contribution in [3.05, 3.63) is 72.9 Å². The maximum Gasteiger partial charge on any atom is 0.329 e. The number of hydrogen-bond donors (Lipinski definition) is 3. The highest BCUT2D eigenvalue weighted by atomic mass is 32.1. The van der Waals surface area contributed by atoms with Crippen molar-refractivity contribution >= 4 is 24.5 Å². The van der Waals surface area contributed by atoms with Gasteiger partial charge in [-0.25, -0.2) is 4.79 Å². The molecule has 0 aliphatic heterocycles. The molecule has 0 saturated carbocycles. The van der Waals surface area contributed by atoms with Gasteiger partial charge in [0.2, 0.25) is 5.91 Å². The highest BCUT2D eigenvalue weighted by Gasteiger charge is 2.32. The predicted octanol–water partition coefficient (Wildman–Crippen LogP) is 5.96. The number of allylic oxidation sites excluding steroid dienone is 11. The van der Waals surface area contributed by atoms with Gasteiger partial charge in [0.1, 0.15) is 5.54 Å². The molecule has 0 bridgehead atoms. The first-order chi connectivity index (χ1) is 14.5. The molecule has 4 nitrogen and oxygen atoms in total. The third-order valence-corrected chi connectivity index (χ3v) is 4.74. The Hall–Kier alpha value is -2.27. The number of amides is 1. The summed E-state index contributed by atoms with van der Waals surface area (Å²) < 4.78 is 0. The van der Waals surface area contributed by atoms with Gasteiger partial charge in [-0.15, -0.1) is 0 Å². The molecule has 2 N–H and O–H groups in total. The van der Waals surface area contributed by atoms with Gasteiger partial charge < -0.3 is 10.4 Å². The minimum atomic E-state index is -1.34. The molecule has 0 rings (SSSR count). The molecule has 1 amide bonds. The second kappa shape index (κ2) is 18.7. The number of carbonyl (C=O) groups excluding carboxylic acids is 1.